The van der Waals surface area contributed by atoms with E-state index >= 15 is 0 Å². The van der Waals surface area contributed by atoms with Gasteiger partial charge in [-0.15, -0.1) is 0 Å². The SMILES string of the molecule is CNC(NC)N(CCI)CCI. The average molecular weight is 397 g/mol. The zero-order valence-corrected chi connectivity index (χ0v) is 11.9. The van der Waals surface area contributed by atoms with Crippen molar-refractivity contribution in [2.45, 2.75) is 6.29 Å². The molecule has 0 saturated carbocycles. The molecule has 0 aromatic rings. The first-order chi connectivity index (χ1) is 5.79. The van der Waals surface area contributed by atoms with Gasteiger partial charge in [-0.25, -0.2) is 0 Å². The summed E-state index contributed by atoms with van der Waals surface area (Å²) in [5, 5.41) is 6.46. The molecular weight excluding hydrogens is 380 g/mol. The largest absolute Gasteiger partial charge is 0.293 e. The molecule has 3 nitrogen and oxygen atoms in total. The summed E-state index contributed by atoms with van der Waals surface area (Å²) in [6.45, 7) is 2.27. The Labute approximate surface area is 102 Å². The third-order valence-corrected chi connectivity index (χ3v) is 2.62. The average Bonchev–Trinajstić information content (AvgIpc) is 2.07. The molecule has 0 radical (unpaired) electrons. The second-order valence-electron chi connectivity index (χ2n) is 2.39. The van der Waals surface area contributed by atoms with Crippen LogP contribution in [0.1, 0.15) is 0 Å². The molecule has 0 aliphatic carbocycles. The highest BCUT2D eigenvalue weighted by Gasteiger charge is 2.12. The van der Waals surface area contributed by atoms with Gasteiger partial charge < -0.3 is 0 Å². The van der Waals surface area contributed by atoms with E-state index in [1.165, 1.54) is 8.86 Å². The Kier molecular flexibility index (Phi) is 9.91. The molecule has 0 spiro atoms. The maximum atomic E-state index is 3.23. The first-order valence-corrected chi connectivity index (χ1v) is 7.05. The molecule has 2 N–H and O–H groups in total. The molecule has 74 valence electrons. The van der Waals surface area contributed by atoms with Crippen LogP contribution in [0.5, 0.6) is 0 Å². The van der Waals surface area contributed by atoms with Crippen molar-refractivity contribution in [2.24, 2.45) is 0 Å². The maximum absolute atomic E-state index is 3.23. The van der Waals surface area contributed by atoms with Crippen LogP contribution in [0.3, 0.4) is 0 Å². The van der Waals surface area contributed by atoms with E-state index in [1.807, 2.05) is 14.1 Å². The number of nitrogens with one attached hydrogen (secondary N) is 2. The first-order valence-electron chi connectivity index (χ1n) is 4.00. The molecular formula is C7H17I2N3. The lowest BCUT2D eigenvalue weighted by atomic mass is 10.5. The summed E-state index contributed by atoms with van der Waals surface area (Å²) < 4.78 is 2.35. The zero-order valence-electron chi connectivity index (χ0n) is 7.61. The molecule has 0 aromatic carbocycles. The van der Waals surface area contributed by atoms with Gasteiger partial charge in [-0.2, -0.15) is 0 Å². The number of hydrogen-bond acceptors (Lipinski definition) is 3. The smallest absolute Gasteiger partial charge is 0.114 e. The molecule has 0 atom stereocenters. The van der Waals surface area contributed by atoms with Crippen LogP contribution in [0, 0.1) is 0 Å². The molecule has 0 saturated heterocycles. The van der Waals surface area contributed by atoms with Crippen LogP contribution < -0.4 is 10.6 Å². The quantitative estimate of drug-likeness (QED) is 0.380. The van der Waals surface area contributed by atoms with E-state index in [4.69, 9.17) is 0 Å². The fourth-order valence-electron chi connectivity index (χ4n) is 1.10. The van der Waals surface area contributed by atoms with Crippen molar-refractivity contribution in [3.63, 3.8) is 0 Å². The van der Waals surface area contributed by atoms with Crippen LogP contribution in [0.4, 0.5) is 0 Å². The summed E-state index contributed by atoms with van der Waals surface area (Å²) in [6.07, 6.45) is 0.314. The Morgan fingerprint density at radius 1 is 1.08 bits per heavy atom. The van der Waals surface area contributed by atoms with Crippen LogP contribution in [0.25, 0.3) is 0 Å². The minimum absolute atomic E-state index is 0.314. The van der Waals surface area contributed by atoms with Gasteiger partial charge in [0, 0.05) is 21.9 Å². The Morgan fingerprint density at radius 2 is 1.50 bits per heavy atom. The molecule has 0 aliphatic rings. The standard InChI is InChI=1S/C7H17I2N3/c1-10-7(11-2)12(5-3-8)6-4-9/h7,10-11H,3-6H2,1-2H3. The highest BCUT2D eigenvalue weighted by molar-refractivity contribution is 14.1. The second-order valence-corrected chi connectivity index (χ2v) is 4.55. The molecule has 12 heavy (non-hydrogen) atoms. The number of rotatable bonds is 7. The van der Waals surface area contributed by atoms with Gasteiger partial charge in [0.25, 0.3) is 0 Å². The topological polar surface area (TPSA) is 27.3 Å². The Hall–Kier alpha value is 1.34. The molecule has 0 unspecified atom stereocenters. The molecule has 0 heterocycles. The zero-order chi connectivity index (χ0) is 9.40. The van der Waals surface area contributed by atoms with Gasteiger partial charge in [-0.05, 0) is 14.1 Å². The third kappa shape index (κ3) is 5.15. The first kappa shape index (κ1) is 13.3. The summed E-state index contributed by atoms with van der Waals surface area (Å²) in [5.74, 6) is 0. The van der Waals surface area contributed by atoms with Gasteiger partial charge >= 0.3 is 0 Å². The monoisotopic (exact) mass is 397 g/mol. The molecule has 0 aromatic heterocycles. The predicted molar refractivity (Wildman–Crippen MR) is 71.3 cm³/mol. The Balaban J connectivity index is 3.86. The van der Waals surface area contributed by atoms with Gasteiger partial charge in [-0.1, -0.05) is 45.2 Å². The van der Waals surface area contributed by atoms with Crippen molar-refractivity contribution >= 4 is 45.2 Å². The van der Waals surface area contributed by atoms with E-state index in [9.17, 15) is 0 Å². The van der Waals surface area contributed by atoms with E-state index in [2.05, 4.69) is 60.7 Å². The Bertz CT molecular complexity index is 92.7. The van der Waals surface area contributed by atoms with Crippen molar-refractivity contribution in [2.75, 3.05) is 36.0 Å². The van der Waals surface area contributed by atoms with E-state index in [-0.39, 0.29) is 0 Å². The highest BCUT2D eigenvalue weighted by Crippen LogP contribution is 1.97. The van der Waals surface area contributed by atoms with E-state index in [0.29, 0.717) is 6.29 Å². The Morgan fingerprint density at radius 3 is 1.75 bits per heavy atom. The summed E-state index contributed by atoms with van der Waals surface area (Å²) in [5.41, 5.74) is 0. The molecule has 0 aliphatic heterocycles. The van der Waals surface area contributed by atoms with Crippen molar-refractivity contribution in [3.8, 4) is 0 Å². The van der Waals surface area contributed by atoms with Crippen LogP contribution >= 0.6 is 45.2 Å². The van der Waals surface area contributed by atoms with Crippen molar-refractivity contribution in [1.82, 2.24) is 15.5 Å². The number of alkyl halides is 2. The van der Waals surface area contributed by atoms with Gasteiger partial charge in [-0.3, -0.25) is 15.5 Å². The minimum atomic E-state index is 0.314. The molecule has 0 amide bonds. The van der Waals surface area contributed by atoms with E-state index in [0.717, 1.165) is 13.1 Å². The van der Waals surface area contributed by atoms with Crippen LogP contribution in [0.2, 0.25) is 0 Å². The maximum Gasteiger partial charge on any atom is 0.114 e. The van der Waals surface area contributed by atoms with Crippen LogP contribution in [-0.2, 0) is 0 Å². The van der Waals surface area contributed by atoms with Crippen molar-refractivity contribution in [1.29, 1.82) is 0 Å². The lowest BCUT2D eigenvalue weighted by Gasteiger charge is -2.29. The number of nitrogens with zero attached hydrogens (tertiary/aromatic N) is 1. The van der Waals surface area contributed by atoms with Gasteiger partial charge in [0.15, 0.2) is 0 Å². The lowest BCUT2D eigenvalue weighted by Crippen LogP contribution is -2.53. The van der Waals surface area contributed by atoms with Crippen molar-refractivity contribution < 1.29 is 0 Å². The molecule has 0 rings (SSSR count). The molecule has 0 bridgehead atoms. The normalized spacial score (nSPS) is 11.5. The summed E-state index contributed by atoms with van der Waals surface area (Å²) in [7, 11) is 3.96. The summed E-state index contributed by atoms with van der Waals surface area (Å²) in [4.78, 5) is 2.40. The fourth-order valence-corrected chi connectivity index (χ4v) is 2.34. The van der Waals surface area contributed by atoms with E-state index in [1.54, 1.807) is 0 Å². The molecule has 5 heteroatoms. The van der Waals surface area contributed by atoms with Gasteiger partial charge in [0.1, 0.15) is 6.29 Å². The van der Waals surface area contributed by atoms with Gasteiger partial charge in [0.05, 0.1) is 0 Å². The second kappa shape index (κ2) is 8.92. The summed E-state index contributed by atoms with van der Waals surface area (Å²) in [6, 6.07) is 0. The number of halogens is 2. The lowest BCUT2D eigenvalue weighted by molar-refractivity contribution is 0.170. The third-order valence-electron chi connectivity index (χ3n) is 1.66. The van der Waals surface area contributed by atoms with E-state index < -0.39 is 0 Å². The minimum Gasteiger partial charge on any atom is -0.293 e. The number of hydrogen-bond donors (Lipinski definition) is 2. The van der Waals surface area contributed by atoms with Crippen LogP contribution in [0.15, 0.2) is 0 Å². The highest BCUT2D eigenvalue weighted by atomic mass is 127. The summed E-state index contributed by atoms with van der Waals surface area (Å²) >= 11 is 4.82. The fraction of sp³-hybridized carbons (Fsp3) is 1.00. The van der Waals surface area contributed by atoms with Crippen LogP contribution in [-0.4, -0.2) is 47.2 Å². The van der Waals surface area contributed by atoms with Crippen molar-refractivity contribution in [3.05, 3.63) is 0 Å². The molecule has 0 fully saturated rings. The van der Waals surface area contributed by atoms with Gasteiger partial charge in [0.2, 0.25) is 0 Å². The predicted octanol–water partition coefficient (Wildman–Crippen LogP) is 0.881.